The van der Waals surface area contributed by atoms with Crippen LogP contribution in [0, 0.1) is 0 Å². The summed E-state index contributed by atoms with van der Waals surface area (Å²) < 4.78 is 2.43. The summed E-state index contributed by atoms with van der Waals surface area (Å²) in [5.41, 5.74) is 5.18. The summed E-state index contributed by atoms with van der Waals surface area (Å²) in [6.07, 6.45) is 0. The van der Waals surface area contributed by atoms with Crippen molar-refractivity contribution in [3.63, 3.8) is 0 Å². The van der Waals surface area contributed by atoms with E-state index >= 15 is 0 Å². The van der Waals surface area contributed by atoms with Gasteiger partial charge in [0.25, 0.3) is 0 Å². The van der Waals surface area contributed by atoms with Crippen LogP contribution in [0.15, 0.2) is 72.8 Å². The average Bonchev–Trinajstić information content (AvgIpc) is 2.89. The minimum Gasteiger partial charge on any atom is -0.338 e. The maximum absolute atomic E-state index is 2.43. The van der Waals surface area contributed by atoms with E-state index in [1.807, 2.05) is 0 Å². The molecule has 4 aromatic rings. The van der Waals surface area contributed by atoms with Gasteiger partial charge in [0.1, 0.15) is 0 Å². The van der Waals surface area contributed by atoms with E-state index in [1.54, 1.807) is 0 Å². The largest absolute Gasteiger partial charge is 0.338 e. The van der Waals surface area contributed by atoms with Crippen molar-refractivity contribution in [2.75, 3.05) is 0 Å². The van der Waals surface area contributed by atoms with Gasteiger partial charge in [0.2, 0.25) is 0 Å². The molecule has 0 fully saturated rings. The molecule has 0 N–H and O–H groups in total. The molecule has 0 bridgehead atoms. The summed E-state index contributed by atoms with van der Waals surface area (Å²) in [5.74, 6) is 0. The Kier molecular flexibility index (Phi) is 3.00. The Morgan fingerprint density at radius 2 is 1.32 bits per heavy atom. The standard InChI is InChI=1S/C21H19N/c1-15(2)22-20-11-7-6-10-18(20)19-14-17(12-13-21(19)22)16-8-4-3-5-9-16/h3-15H,1-2H3. The van der Waals surface area contributed by atoms with E-state index in [-0.39, 0.29) is 0 Å². The van der Waals surface area contributed by atoms with Crippen LogP contribution in [-0.4, -0.2) is 4.57 Å². The molecule has 0 aliphatic carbocycles. The number of aromatic nitrogens is 1. The Morgan fingerprint density at radius 3 is 2.09 bits per heavy atom. The third-order valence-corrected chi connectivity index (χ3v) is 4.33. The minimum absolute atomic E-state index is 0.449. The molecular weight excluding hydrogens is 266 g/mol. The van der Waals surface area contributed by atoms with E-state index in [0.717, 1.165) is 0 Å². The van der Waals surface area contributed by atoms with Crippen molar-refractivity contribution in [1.29, 1.82) is 0 Å². The Hall–Kier alpha value is -2.54. The molecule has 1 aromatic heterocycles. The molecule has 3 aromatic carbocycles. The molecule has 1 heterocycles. The molecule has 108 valence electrons. The number of benzene rings is 3. The van der Waals surface area contributed by atoms with E-state index < -0.39 is 0 Å². The number of rotatable bonds is 2. The summed E-state index contributed by atoms with van der Waals surface area (Å²) in [6, 6.07) is 26.6. The van der Waals surface area contributed by atoms with Gasteiger partial charge in [-0.2, -0.15) is 0 Å². The number of fused-ring (bicyclic) bond motifs is 3. The van der Waals surface area contributed by atoms with Crippen LogP contribution in [0.25, 0.3) is 32.9 Å². The number of nitrogens with zero attached hydrogens (tertiary/aromatic N) is 1. The van der Waals surface area contributed by atoms with E-state index in [4.69, 9.17) is 0 Å². The van der Waals surface area contributed by atoms with Crippen LogP contribution in [0.2, 0.25) is 0 Å². The predicted octanol–water partition coefficient (Wildman–Crippen LogP) is 6.04. The molecule has 0 atom stereocenters. The lowest BCUT2D eigenvalue weighted by atomic mass is 10.0. The molecule has 0 aliphatic heterocycles. The van der Waals surface area contributed by atoms with Crippen molar-refractivity contribution in [1.82, 2.24) is 4.57 Å². The van der Waals surface area contributed by atoms with E-state index in [0.29, 0.717) is 6.04 Å². The highest BCUT2D eigenvalue weighted by Crippen LogP contribution is 2.34. The molecule has 0 unspecified atom stereocenters. The van der Waals surface area contributed by atoms with Gasteiger partial charge < -0.3 is 4.57 Å². The first-order valence-electron chi connectivity index (χ1n) is 7.84. The quantitative estimate of drug-likeness (QED) is 0.423. The van der Waals surface area contributed by atoms with Gasteiger partial charge in [-0.3, -0.25) is 0 Å². The lowest BCUT2D eigenvalue weighted by Crippen LogP contribution is -1.99. The summed E-state index contributed by atoms with van der Waals surface area (Å²) in [7, 11) is 0. The Balaban J connectivity index is 2.07. The Bertz CT molecular complexity index is 946. The Morgan fingerprint density at radius 1 is 0.636 bits per heavy atom. The van der Waals surface area contributed by atoms with Crippen molar-refractivity contribution in [2.45, 2.75) is 19.9 Å². The van der Waals surface area contributed by atoms with E-state index in [1.165, 1.54) is 32.9 Å². The fraction of sp³-hybridized carbons (Fsp3) is 0.143. The van der Waals surface area contributed by atoms with Crippen LogP contribution < -0.4 is 0 Å². The first kappa shape index (κ1) is 13.1. The molecule has 0 saturated heterocycles. The fourth-order valence-electron chi connectivity index (χ4n) is 3.37. The number of hydrogen-bond acceptors (Lipinski definition) is 0. The highest BCUT2D eigenvalue weighted by molar-refractivity contribution is 6.09. The van der Waals surface area contributed by atoms with Crippen molar-refractivity contribution in [3.8, 4) is 11.1 Å². The molecule has 4 rings (SSSR count). The fourth-order valence-corrected chi connectivity index (χ4v) is 3.37. The minimum atomic E-state index is 0.449. The van der Waals surface area contributed by atoms with Gasteiger partial charge in [-0.05, 0) is 43.2 Å². The monoisotopic (exact) mass is 285 g/mol. The van der Waals surface area contributed by atoms with Gasteiger partial charge >= 0.3 is 0 Å². The van der Waals surface area contributed by atoms with Crippen molar-refractivity contribution in [3.05, 3.63) is 72.8 Å². The second-order valence-corrected chi connectivity index (χ2v) is 6.08. The van der Waals surface area contributed by atoms with Gasteiger partial charge in [0, 0.05) is 27.8 Å². The first-order chi connectivity index (χ1) is 10.8. The van der Waals surface area contributed by atoms with Gasteiger partial charge in [-0.25, -0.2) is 0 Å². The van der Waals surface area contributed by atoms with Gasteiger partial charge in [-0.15, -0.1) is 0 Å². The smallest absolute Gasteiger partial charge is 0.0494 e. The highest BCUT2D eigenvalue weighted by atomic mass is 15.0. The van der Waals surface area contributed by atoms with Gasteiger partial charge in [0.15, 0.2) is 0 Å². The van der Waals surface area contributed by atoms with Crippen LogP contribution in [0.3, 0.4) is 0 Å². The summed E-state index contributed by atoms with van der Waals surface area (Å²) in [5, 5.41) is 2.68. The summed E-state index contributed by atoms with van der Waals surface area (Å²) in [4.78, 5) is 0. The molecule has 0 saturated carbocycles. The SMILES string of the molecule is CC(C)n1c2ccccc2c2cc(-c3ccccc3)ccc21. The maximum atomic E-state index is 2.43. The van der Waals surface area contributed by atoms with Crippen LogP contribution in [0.4, 0.5) is 0 Å². The lowest BCUT2D eigenvalue weighted by molar-refractivity contribution is 0.642. The zero-order valence-electron chi connectivity index (χ0n) is 13.0. The second kappa shape index (κ2) is 5.03. The Labute approximate surface area is 130 Å². The number of para-hydroxylation sites is 1. The topological polar surface area (TPSA) is 4.93 Å². The van der Waals surface area contributed by atoms with Crippen LogP contribution in [0.1, 0.15) is 19.9 Å². The maximum Gasteiger partial charge on any atom is 0.0494 e. The number of hydrogen-bond donors (Lipinski definition) is 0. The third-order valence-electron chi connectivity index (χ3n) is 4.33. The van der Waals surface area contributed by atoms with Crippen LogP contribution in [-0.2, 0) is 0 Å². The van der Waals surface area contributed by atoms with Crippen molar-refractivity contribution < 1.29 is 0 Å². The zero-order chi connectivity index (χ0) is 15.1. The normalized spacial score (nSPS) is 11.6. The molecule has 0 spiro atoms. The summed E-state index contributed by atoms with van der Waals surface area (Å²) >= 11 is 0. The average molecular weight is 285 g/mol. The molecular formula is C21H19N. The van der Waals surface area contributed by atoms with Crippen LogP contribution >= 0.6 is 0 Å². The highest BCUT2D eigenvalue weighted by Gasteiger charge is 2.12. The van der Waals surface area contributed by atoms with Crippen molar-refractivity contribution in [2.24, 2.45) is 0 Å². The zero-order valence-corrected chi connectivity index (χ0v) is 13.0. The molecule has 0 amide bonds. The first-order valence-corrected chi connectivity index (χ1v) is 7.84. The molecule has 1 nitrogen and oxygen atoms in total. The predicted molar refractivity (Wildman–Crippen MR) is 95.3 cm³/mol. The second-order valence-electron chi connectivity index (χ2n) is 6.08. The van der Waals surface area contributed by atoms with E-state index in [2.05, 4.69) is 91.2 Å². The molecule has 0 radical (unpaired) electrons. The van der Waals surface area contributed by atoms with Gasteiger partial charge in [-0.1, -0.05) is 54.6 Å². The third kappa shape index (κ3) is 1.93. The van der Waals surface area contributed by atoms with Gasteiger partial charge in [0.05, 0.1) is 0 Å². The van der Waals surface area contributed by atoms with E-state index in [9.17, 15) is 0 Å². The molecule has 22 heavy (non-hydrogen) atoms. The lowest BCUT2D eigenvalue weighted by Gasteiger charge is -2.11. The summed E-state index contributed by atoms with van der Waals surface area (Å²) in [6.45, 7) is 4.49. The van der Waals surface area contributed by atoms with Crippen molar-refractivity contribution >= 4 is 21.8 Å². The van der Waals surface area contributed by atoms with Crippen LogP contribution in [0.5, 0.6) is 0 Å². The molecule has 1 heteroatoms. The molecule has 0 aliphatic rings.